The summed E-state index contributed by atoms with van der Waals surface area (Å²) in [7, 11) is 1.60. The van der Waals surface area contributed by atoms with Gasteiger partial charge in [0.2, 0.25) is 0 Å². The molecule has 0 aliphatic carbocycles. The van der Waals surface area contributed by atoms with E-state index >= 15 is 0 Å². The van der Waals surface area contributed by atoms with Gasteiger partial charge in [-0.1, -0.05) is 36.4 Å². The second-order valence-electron chi connectivity index (χ2n) is 6.31. The lowest BCUT2D eigenvalue weighted by atomic mass is 10.0. The number of carbonyl (C=O) groups excluding carboxylic acids is 1. The largest absolute Gasteiger partial charge is 0.497 e. The lowest BCUT2D eigenvalue weighted by molar-refractivity contribution is 0.130. The molecule has 5 nitrogen and oxygen atoms in total. The summed E-state index contributed by atoms with van der Waals surface area (Å²) in [4.78, 5) is 14.5. The van der Waals surface area contributed by atoms with Crippen LogP contribution in [0.4, 0.5) is 10.5 Å². The average Bonchev–Trinajstić information content (AvgIpc) is 3.11. The van der Waals surface area contributed by atoms with Crippen LogP contribution in [-0.2, 0) is 0 Å². The maximum atomic E-state index is 12.6. The van der Waals surface area contributed by atoms with E-state index in [1.165, 1.54) is 0 Å². The minimum absolute atomic E-state index is 0.0424. The molecule has 0 unspecified atom stereocenters. The number of benzene rings is 2. The Hall–Kier alpha value is -2.53. The number of nitrogens with zero attached hydrogens (tertiary/aromatic N) is 1. The summed E-state index contributed by atoms with van der Waals surface area (Å²) in [5.74, 6) is 0.704. The second kappa shape index (κ2) is 8.03. The van der Waals surface area contributed by atoms with Crippen molar-refractivity contribution >= 4 is 11.7 Å². The summed E-state index contributed by atoms with van der Waals surface area (Å²) < 4.78 is 5.19. The summed E-state index contributed by atoms with van der Waals surface area (Å²) in [6.45, 7) is 0.710. The van der Waals surface area contributed by atoms with E-state index in [1.807, 2.05) is 53.4 Å². The summed E-state index contributed by atoms with van der Waals surface area (Å²) in [5.41, 5.74) is 1.60. The summed E-state index contributed by atoms with van der Waals surface area (Å²) in [6, 6.07) is 16.8. The van der Waals surface area contributed by atoms with Gasteiger partial charge >= 0.3 is 6.03 Å². The van der Waals surface area contributed by atoms with Crippen LogP contribution >= 0.6 is 0 Å². The Morgan fingerprint density at radius 3 is 2.84 bits per heavy atom. The van der Waals surface area contributed by atoms with Crippen molar-refractivity contribution in [2.24, 2.45) is 0 Å². The van der Waals surface area contributed by atoms with E-state index in [1.54, 1.807) is 13.2 Å². The number of carbonyl (C=O) groups is 1. The maximum absolute atomic E-state index is 12.6. The zero-order valence-electron chi connectivity index (χ0n) is 14.4. The minimum atomic E-state index is -0.559. The van der Waals surface area contributed by atoms with Crippen LogP contribution in [0.25, 0.3) is 0 Å². The molecule has 1 aliphatic heterocycles. The first-order valence-corrected chi connectivity index (χ1v) is 8.62. The van der Waals surface area contributed by atoms with Crippen molar-refractivity contribution in [1.82, 2.24) is 4.90 Å². The van der Waals surface area contributed by atoms with Crippen molar-refractivity contribution in [2.75, 3.05) is 19.0 Å². The number of hydrogen-bond acceptors (Lipinski definition) is 3. The van der Waals surface area contributed by atoms with Gasteiger partial charge in [0, 0.05) is 24.3 Å². The highest BCUT2D eigenvalue weighted by molar-refractivity contribution is 5.89. The smallest absolute Gasteiger partial charge is 0.322 e. The van der Waals surface area contributed by atoms with Crippen molar-refractivity contribution in [3.05, 3.63) is 60.2 Å². The van der Waals surface area contributed by atoms with Gasteiger partial charge in [-0.3, -0.25) is 0 Å². The van der Waals surface area contributed by atoms with Crippen LogP contribution in [0.1, 0.15) is 30.9 Å². The Kier molecular flexibility index (Phi) is 5.56. The van der Waals surface area contributed by atoms with Gasteiger partial charge < -0.3 is 20.1 Å². The molecular weight excluding hydrogens is 316 g/mol. The number of aliphatic hydroxyl groups is 1. The Balaban J connectivity index is 1.63. The van der Waals surface area contributed by atoms with Gasteiger partial charge in [0.15, 0.2) is 0 Å². The van der Waals surface area contributed by atoms with Crippen LogP contribution in [0.15, 0.2) is 54.6 Å². The fraction of sp³-hybridized carbons (Fsp3) is 0.350. The molecular formula is C20H24N2O3. The Morgan fingerprint density at radius 2 is 2.08 bits per heavy atom. The highest BCUT2D eigenvalue weighted by atomic mass is 16.5. The van der Waals surface area contributed by atoms with E-state index in [0.717, 1.165) is 18.4 Å². The molecule has 2 N–H and O–H groups in total. The fourth-order valence-corrected chi connectivity index (χ4v) is 3.31. The number of ether oxygens (including phenoxy) is 1. The lowest BCUT2D eigenvalue weighted by Gasteiger charge is -2.27. The molecule has 2 amide bonds. The lowest BCUT2D eigenvalue weighted by Crippen LogP contribution is -2.39. The predicted molar refractivity (Wildman–Crippen MR) is 97.8 cm³/mol. The molecule has 1 saturated heterocycles. The van der Waals surface area contributed by atoms with E-state index in [2.05, 4.69) is 5.32 Å². The number of anilines is 1. The molecule has 2 atom stereocenters. The molecule has 5 heteroatoms. The van der Waals surface area contributed by atoms with Crippen LogP contribution in [-0.4, -0.2) is 35.7 Å². The van der Waals surface area contributed by atoms with Crippen molar-refractivity contribution in [3.8, 4) is 5.75 Å². The van der Waals surface area contributed by atoms with E-state index in [-0.39, 0.29) is 12.1 Å². The van der Waals surface area contributed by atoms with Gasteiger partial charge in [-0.2, -0.15) is 0 Å². The number of amides is 2. The molecule has 1 fully saturated rings. The van der Waals surface area contributed by atoms with Crippen molar-refractivity contribution in [3.63, 3.8) is 0 Å². The summed E-state index contributed by atoms with van der Waals surface area (Å²) in [6.07, 6.45) is 1.86. The van der Waals surface area contributed by atoms with E-state index in [0.29, 0.717) is 24.4 Å². The third-order valence-corrected chi connectivity index (χ3v) is 4.64. The first-order chi connectivity index (χ1) is 12.2. The maximum Gasteiger partial charge on any atom is 0.322 e. The molecule has 3 rings (SSSR count). The van der Waals surface area contributed by atoms with Crippen LogP contribution in [0, 0.1) is 0 Å². The first kappa shape index (κ1) is 17.3. The molecule has 0 radical (unpaired) electrons. The summed E-state index contributed by atoms with van der Waals surface area (Å²) >= 11 is 0. The highest BCUT2D eigenvalue weighted by Crippen LogP contribution is 2.28. The van der Waals surface area contributed by atoms with Crippen LogP contribution < -0.4 is 10.1 Å². The molecule has 132 valence electrons. The van der Waals surface area contributed by atoms with E-state index < -0.39 is 6.10 Å². The number of methoxy groups -OCH3 is 1. The van der Waals surface area contributed by atoms with E-state index in [4.69, 9.17) is 4.74 Å². The SMILES string of the molecule is COc1cccc(NC(=O)N2CCC[C@@H]2C[C@H](O)c2ccccc2)c1. The third-order valence-electron chi connectivity index (χ3n) is 4.64. The molecule has 2 aromatic carbocycles. The third kappa shape index (κ3) is 4.31. The number of nitrogens with one attached hydrogen (secondary N) is 1. The van der Waals surface area contributed by atoms with Gasteiger partial charge in [0.05, 0.1) is 13.2 Å². The van der Waals surface area contributed by atoms with Gasteiger partial charge in [-0.25, -0.2) is 4.79 Å². The Bertz CT molecular complexity index is 705. The molecule has 1 heterocycles. The van der Waals surface area contributed by atoms with Crippen LogP contribution in [0.2, 0.25) is 0 Å². The van der Waals surface area contributed by atoms with Crippen LogP contribution in [0.5, 0.6) is 5.75 Å². The highest BCUT2D eigenvalue weighted by Gasteiger charge is 2.30. The molecule has 0 bridgehead atoms. The Morgan fingerprint density at radius 1 is 1.28 bits per heavy atom. The zero-order valence-corrected chi connectivity index (χ0v) is 14.4. The number of urea groups is 1. The summed E-state index contributed by atoms with van der Waals surface area (Å²) in [5, 5.41) is 13.4. The normalized spacial score (nSPS) is 18.0. The number of rotatable bonds is 5. The monoisotopic (exact) mass is 340 g/mol. The van der Waals surface area contributed by atoms with E-state index in [9.17, 15) is 9.90 Å². The quantitative estimate of drug-likeness (QED) is 0.870. The number of likely N-dealkylation sites (tertiary alicyclic amines) is 1. The fourth-order valence-electron chi connectivity index (χ4n) is 3.31. The number of hydrogen-bond donors (Lipinski definition) is 2. The molecule has 1 aliphatic rings. The number of aliphatic hydroxyl groups excluding tert-OH is 1. The topological polar surface area (TPSA) is 61.8 Å². The average molecular weight is 340 g/mol. The zero-order chi connectivity index (χ0) is 17.6. The molecule has 25 heavy (non-hydrogen) atoms. The van der Waals surface area contributed by atoms with Gasteiger partial charge in [0.1, 0.15) is 5.75 Å². The van der Waals surface area contributed by atoms with Crippen molar-refractivity contribution < 1.29 is 14.6 Å². The molecule has 0 saturated carbocycles. The first-order valence-electron chi connectivity index (χ1n) is 8.62. The molecule has 2 aromatic rings. The van der Waals surface area contributed by atoms with Crippen molar-refractivity contribution in [1.29, 1.82) is 0 Å². The van der Waals surface area contributed by atoms with Crippen molar-refractivity contribution in [2.45, 2.75) is 31.4 Å². The van der Waals surface area contributed by atoms with Gasteiger partial charge in [-0.05, 0) is 37.0 Å². The second-order valence-corrected chi connectivity index (χ2v) is 6.31. The predicted octanol–water partition coefficient (Wildman–Crippen LogP) is 3.82. The minimum Gasteiger partial charge on any atom is -0.497 e. The van der Waals surface area contributed by atoms with Gasteiger partial charge in [0.25, 0.3) is 0 Å². The standard InChI is InChI=1S/C20H24N2O3/c1-25-18-11-5-9-16(13-18)21-20(24)22-12-6-10-17(22)14-19(23)15-7-3-2-4-8-15/h2-5,7-9,11,13,17,19,23H,6,10,12,14H2,1H3,(H,21,24)/t17-,19+/m1/s1. The molecule has 0 aromatic heterocycles. The molecule has 0 spiro atoms. The van der Waals surface area contributed by atoms with Crippen LogP contribution in [0.3, 0.4) is 0 Å². The Labute approximate surface area is 148 Å². The van der Waals surface area contributed by atoms with Gasteiger partial charge in [-0.15, -0.1) is 0 Å².